The summed E-state index contributed by atoms with van der Waals surface area (Å²) in [6.07, 6.45) is 4.01. The minimum Gasteiger partial charge on any atom is -0.477 e. The number of carbonyl (C=O) groups excluding carboxylic acids is 1. The van der Waals surface area contributed by atoms with Crippen molar-refractivity contribution in [3.63, 3.8) is 0 Å². The minimum absolute atomic E-state index is 0.00483. The zero-order valence-corrected chi connectivity index (χ0v) is 12.7. The number of rotatable bonds is 4. The molecule has 21 heavy (non-hydrogen) atoms. The molecule has 0 aliphatic heterocycles. The molecule has 2 rings (SSSR count). The summed E-state index contributed by atoms with van der Waals surface area (Å²) < 4.78 is 0. The third kappa shape index (κ3) is 4.15. The Kier molecular flexibility index (Phi) is 5.13. The van der Waals surface area contributed by atoms with Gasteiger partial charge in [-0.1, -0.05) is 12.8 Å². The van der Waals surface area contributed by atoms with Crippen molar-refractivity contribution < 1.29 is 14.7 Å². The fraction of sp³-hybridized carbons (Fsp3) is 0.615. The second-order valence-corrected chi connectivity index (χ2v) is 6.29. The monoisotopic (exact) mass is 312 g/mol. The van der Waals surface area contributed by atoms with Crippen LogP contribution >= 0.6 is 11.3 Å². The molecular formula is C13H20N4O3S. The molecule has 1 fully saturated rings. The van der Waals surface area contributed by atoms with Crippen molar-refractivity contribution in [2.24, 2.45) is 5.73 Å². The van der Waals surface area contributed by atoms with Gasteiger partial charge < -0.3 is 21.5 Å². The van der Waals surface area contributed by atoms with Gasteiger partial charge in [0.2, 0.25) is 0 Å². The van der Waals surface area contributed by atoms with Gasteiger partial charge in [0.15, 0.2) is 0 Å². The van der Waals surface area contributed by atoms with Crippen molar-refractivity contribution in [3.8, 4) is 0 Å². The van der Waals surface area contributed by atoms with E-state index in [0.29, 0.717) is 10.7 Å². The Bertz CT molecular complexity index is 531. The summed E-state index contributed by atoms with van der Waals surface area (Å²) in [6, 6.07) is -0.279. The number of aromatic carboxylic acids is 1. The molecule has 7 nitrogen and oxygen atoms in total. The van der Waals surface area contributed by atoms with Gasteiger partial charge in [-0.25, -0.2) is 14.6 Å². The normalized spacial score (nSPS) is 21.8. The molecule has 1 aliphatic rings. The van der Waals surface area contributed by atoms with E-state index >= 15 is 0 Å². The van der Waals surface area contributed by atoms with Gasteiger partial charge in [0.25, 0.3) is 0 Å². The van der Waals surface area contributed by atoms with Crippen LogP contribution in [0.4, 0.5) is 4.79 Å². The number of nitrogens with zero attached hydrogens (tertiary/aromatic N) is 1. The molecule has 1 aromatic rings. The van der Waals surface area contributed by atoms with Crippen LogP contribution in [-0.2, 0) is 6.54 Å². The average Bonchev–Trinajstić information content (AvgIpc) is 2.80. The second-order valence-electron chi connectivity index (χ2n) is 5.21. The van der Waals surface area contributed by atoms with Crippen molar-refractivity contribution >= 4 is 23.3 Å². The molecule has 2 amide bonds. The van der Waals surface area contributed by atoms with Crippen LogP contribution in [0.3, 0.4) is 0 Å². The highest BCUT2D eigenvalue weighted by Gasteiger charge is 2.23. The Hall–Kier alpha value is -1.67. The lowest BCUT2D eigenvalue weighted by atomic mass is 9.91. The number of nitrogens with two attached hydrogens (primary N) is 1. The van der Waals surface area contributed by atoms with Crippen molar-refractivity contribution in [2.45, 2.75) is 51.2 Å². The lowest BCUT2D eigenvalue weighted by molar-refractivity contribution is 0.0701. The zero-order chi connectivity index (χ0) is 15.4. The van der Waals surface area contributed by atoms with Gasteiger partial charge in [0.1, 0.15) is 9.88 Å². The number of urea groups is 1. The predicted molar refractivity (Wildman–Crippen MR) is 79.4 cm³/mol. The molecule has 2 atom stereocenters. The molecule has 1 aromatic heterocycles. The molecule has 0 radical (unpaired) electrons. The van der Waals surface area contributed by atoms with Gasteiger partial charge >= 0.3 is 12.0 Å². The summed E-state index contributed by atoms with van der Waals surface area (Å²) in [4.78, 5) is 27.1. The molecular weight excluding hydrogens is 292 g/mol. The second kappa shape index (κ2) is 6.86. The van der Waals surface area contributed by atoms with Gasteiger partial charge in [0, 0.05) is 12.1 Å². The van der Waals surface area contributed by atoms with E-state index in [1.807, 2.05) is 0 Å². The molecule has 0 saturated heterocycles. The Balaban J connectivity index is 1.83. The topological polar surface area (TPSA) is 117 Å². The number of hydrogen-bond acceptors (Lipinski definition) is 5. The Labute approximate surface area is 126 Å². The fourth-order valence-corrected chi connectivity index (χ4v) is 3.28. The van der Waals surface area contributed by atoms with E-state index in [4.69, 9.17) is 10.8 Å². The SMILES string of the molecule is Cc1nc(CNC(=O)NC2CCCCC2N)sc1C(=O)O. The molecule has 5 N–H and O–H groups in total. The van der Waals surface area contributed by atoms with Gasteiger partial charge in [0.05, 0.1) is 12.2 Å². The van der Waals surface area contributed by atoms with E-state index in [2.05, 4.69) is 15.6 Å². The van der Waals surface area contributed by atoms with Crippen LogP contribution in [0.2, 0.25) is 0 Å². The maximum Gasteiger partial charge on any atom is 0.347 e. The van der Waals surface area contributed by atoms with E-state index in [1.165, 1.54) is 0 Å². The highest BCUT2D eigenvalue weighted by atomic mass is 32.1. The van der Waals surface area contributed by atoms with Gasteiger partial charge in [-0.15, -0.1) is 11.3 Å². The highest BCUT2D eigenvalue weighted by Crippen LogP contribution is 2.18. The van der Waals surface area contributed by atoms with Gasteiger partial charge in [-0.3, -0.25) is 0 Å². The van der Waals surface area contributed by atoms with E-state index in [-0.39, 0.29) is 29.5 Å². The number of hydrogen-bond donors (Lipinski definition) is 4. The maximum absolute atomic E-state index is 11.8. The largest absolute Gasteiger partial charge is 0.477 e. The van der Waals surface area contributed by atoms with Crippen LogP contribution in [0.25, 0.3) is 0 Å². The Morgan fingerprint density at radius 1 is 1.43 bits per heavy atom. The van der Waals surface area contributed by atoms with Crippen LogP contribution in [0.1, 0.15) is 46.1 Å². The number of thiazole rings is 1. The number of carboxylic acid groups (broad SMARTS) is 1. The maximum atomic E-state index is 11.8. The summed E-state index contributed by atoms with van der Waals surface area (Å²) in [7, 11) is 0. The van der Waals surface area contributed by atoms with Crippen molar-refractivity contribution in [3.05, 3.63) is 15.6 Å². The minimum atomic E-state index is -0.992. The third-order valence-electron chi connectivity index (χ3n) is 3.57. The first-order valence-corrected chi connectivity index (χ1v) is 7.78. The molecule has 8 heteroatoms. The summed E-state index contributed by atoms with van der Waals surface area (Å²) in [5.74, 6) is -0.992. The smallest absolute Gasteiger partial charge is 0.347 e. The predicted octanol–water partition coefficient (Wildman–Crippen LogP) is 1.22. The Morgan fingerprint density at radius 2 is 2.14 bits per heavy atom. The summed E-state index contributed by atoms with van der Waals surface area (Å²) >= 11 is 1.08. The number of carbonyl (C=O) groups is 2. The lowest BCUT2D eigenvalue weighted by Gasteiger charge is -2.29. The van der Waals surface area contributed by atoms with E-state index in [9.17, 15) is 9.59 Å². The first-order valence-electron chi connectivity index (χ1n) is 6.97. The average molecular weight is 312 g/mol. The summed E-state index contributed by atoms with van der Waals surface area (Å²) in [5, 5.41) is 15.1. The third-order valence-corrected chi connectivity index (χ3v) is 4.72. The molecule has 0 spiro atoms. The number of amides is 2. The van der Waals surface area contributed by atoms with Gasteiger partial charge in [-0.05, 0) is 19.8 Å². The molecule has 1 heterocycles. The number of aromatic nitrogens is 1. The first kappa shape index (κ1) is 15.7. The van der Waals surface area contributed by atoms with Crippen molar-refractivity contribution in [2.75, 3.05) is 0 Å². The summed E-state index contributed by atoms with van der Waals surface area (Å²) in [5.41, 5.74) is 6.44. The number of aryl methyl sites for hydroxylation is 1. The van der Waals surface area contributed by atoms with Crippen LogP contribution < -0.4 is 16.4 Å². The van der Waals surface area contributed by atoms with E-state index in [1.54, 1.807) is 6.92 Å². The van der Waals surface area contributed by atoms with Crippen molar-refractivity contribution in [1.82, 2.24) is 15.6 Å². The lowest BCUT2D eigenvalue weighted by Crippen LogP contribution is -2.52. The standard InChI is InChI=1S/C13H20N4O3S/c1-7-11(12(18)19)21-10(16-7)6-15-13(20)17-9-5-3-2-4-8(9)14/h8-9H,2-6,14H2,1H3,(H,18,19)(H2,15,17,20). The molecule has 0 bridgehead atoms. The molecule has 0 aromatic carbocycles. The van der Waals surface area contributed by atoms with E-state index < -0.39 is 5.97 Å². The molecule has 2 unspecified atom stereocenters. The number of nitrogens with one attached hydrogen (secondary N) is 2. The van der Waals surface area contributed by atoms with Gasteiger partial charge in [-0.2, -0.15) is 0 Å². The number of carboxylic acids is 1. The first-order chi connectivity index (χ1) is 9.97. The van der Waals surface area contributed by atoms with Crippen LogP contribution in [0.5, 0.6) is 0 Å². The zero-order valence-electron chi connectivity index (χ0n) is 11.9. The highest BCUT2D eigenvalue weighted by molar-refractivity contribution is 7.13. The van der Waals surface area contributed by atoms with Crippen LogP contribution in [0.15, 0.2) is 0 Å². The quantitative estimate of drug-likeness (QED) is 0.667. The van der Waals surface area contributed by atoms with Crippen LogP contribution in [-0.4, -0.2) is 34.2 Å². The van der Waals surface area contributed by atoms with E-state index in [0.717, 1.165) is 37.0 Å². The Morgan fingerprint density at radius 3 is 2.76 bits per heavy atom. The fourth-order valence-electron chi connectivity index (χ4n) is 2.44. The molecule has 116 valence electrons. The summed E-state index contributed by atoms with van der Waals surface area (Å²) in [6.45, 7) is 1.86. The molecule has 1 saturated carbocycles. The van der Waals surface area contributed by atoms with Crippen molar-refractivity contribution in [1.29, 1.82) is 0 Å². The van der Waals surface area contributed by atoms with Crippen LogP contribution in [0, 0.1) is 6.92 Å². The molecule has 1 aliphatic carbocycles.